The molecule has 26 heavy (non-hydrogen) atoms. The summed E-state index contributed by atoms with van der Waals surface area (Å²) in [6, 6.07) is 6.69. The van der Waals surface area contributed by atoms with E-state index in [1.165, 1.54) is 4.90 Å². The van der Waals surface area contributed by atoms with Crippen molar-refractivity contribution in [2.24, 2.45) is 0 Å². The minimum atomic E-state index is -1.02. The number of carboxylic acids is 1. The van der Waals surface area contributed by atoms with E-state index in [0.717, 1.165) is 29.7 Å². The van der Waals surface area contributed by atoms with Gasteiger partial charge in [0.15, 0.2) is 5.78 Å². The number of rotatable bonds is 2. The Hall–Kier alpha value is -2.89. The molecule has 1 aromatic carbocycles. The minimum absolute atomic E-state index is 0.0535. The number of nitrogens with zero attached hydrogens (tertiary/aromatic N) is 1. The van der Waals surface area contributed by atoms with Crippen LogP contribution in [-0.4, -0.2) is 38.7 Å². The number of H-pyrrole nitrogens is 1. The van der Waals surface area contributed by atoms with Crippen LogP contribution in [-0.2, 0) is 24.2 Å². The monoisotopic (exact) mass is 352 g/mol. The number of hydrogen-bond acceptors (Lipinski definition) is 3. The summed E-state index contributed by atoms with van der Waals surface area (Å²) in [7, 11) is 0. The van der Waals surface area contributed by atoms with Crippen LogP contribution < -0.4 is 0 Å². The molecule has 2 heterocycles. The van der Waals surface area contributed by atoms with Crippen molar-refractivity contribution in [2.75, 3.05) is 0 Å². The number of carbonyl (C=O) groups excluding carboxylic acids is 2. The molecule has 1 aromatic heterocycles. The molecule has 6 nitrogen and oxygen atoms in total. The number of carbonyl (C=O) groups is 3. The molecule has 1 aliphatic heterocycles. The third-order valence-electron chi connectivity index (χ3n) is 5.45. The van der Waals surface area contributed by atoms with Crippen LogP contribution in [0.3, 0.4) is 0 Å². The first kappa shape index (κ1) is 16.6. The zero-order valence-electron chi connectivity index (χ0n) is 14.5. The van der Waals surface area contributed by atoms with E-state index < -0.39 is 12.0 Å². The van der Waals surface area contributed by atoms with Crippen molar-refractivity contribution in [2.45, 2.75) is 45.2 Å². The second-order valence-electron chi connectivity index (χ2n) is 7.02. The molecule has 1 unspecified atom stereocenters. The summed E-state index contributed by atoms with van der Waals surface area (Å²) in [4.78, 5) is 41.7. The van der Waals surface area contributed by atoms with Crippen LogP contribution in [0.2, 0.25) is 0 Å². The number of Topliss-reactive ketones (excluding diaryl/α,β-unsaturated/α-hetero) is 1. The van der Waals surface area contributed by atoms with E-state index in [4.69, 9.17) is 0 Å². The first-order valence-electron chi connectivity index (χ1n) is 8.82. The predicted molar refractivity (Wildman–Crippen MR) is 94.2 cm³/mol. The van der Waals surface area contributed by atoms with E-state index in [9.17, 15) is 19.5 Å². The Kier molecular flexibility index (Phi) is 3.90. The van der Waals surface area contributed by atoms with Gasteiger partial charge < -0.3 is 15.0 Å². The van der Waals surface area contributed by atoms with Gasteiger partial charge in [0.2, 0.25) is 0 Å². The van der Waals surface area contributed by atoms with Crippen molar-refractivity contribution < 1.29 is 19.5 Å². The topological polar surface area (TPSA) is 90.5 Å². The van der Waals surface area contributed by atoms with Gasteiger partial charge in [-0.1, -0.05) is 24.3 Å². The normalized spacial score (nSPS) is 19.0. The molecular formula is C20H20N2O4. The number of carboxylic acid groups (broad SMARTS) is 1. The third-order valence-corrected chi connectivity index (χ3v) is 5.45. The number of aromatic amines is 1. The summed E-state index contributed by atoms with van der Waals surface area (Å²) in [6.07, 6.45) is 2.29. The Morgan fingerprint density at radius 3 is 2.62 bits per heavy atom. The first-order valence-corrected chi connectivity index (χ1v) is 8.82. The number of benzene rings is 1. The quantitative estimate of drug-likeness (QED) is 0.869. The highest BCUT2D eigenvalue weighted by molar-refractivity contribution is 6.05. The molecule has 0 radical (unpaired) electrons. The highest BCUT2D eigenvalue weighted by Gasteiger charge is 2.37. The van der Waals surface area contributed by atoms with Crippen molar-refractivity contribution >= 4 is 17.7 Å². The van der Waals surface area contributed by atoms with Gasteiger partial charge in [-0.3, -0.25) is 9.59 Å². The van der Waals surface area contributed by atoms with Gasteiger partial charge in [-0.15, -0.1) is 0 Å². The summed E-state index contributed by atoms with van der Waals surface area (Å²) in [6.45, 7) is 2.02. The van der Waals surface area contributed by atoms with Gasteiger partial charge in [-0.05, 0) is 36.5 Å². The van der Waals surface area contributed by atoms with Gasteiger partial charge in [0.25, 0.3) is 5.91 Å². The lowest BCUT2D eigenvalue weighted by Gasteiger charge is -2.34. The van der Waals surface area contributed by atoms with E-state index >= 15 is 0 Å². The number of fused-ring (bicyclic) bond motifs is 2. The fraction of sp³-hybridized carbons (Fsp3) is 0.350. The number of hydrogen-bond donors (Lipinski definition) is 2. The van der Waals surface area contributed by atoms with Gasteiger partial charge in [0.1, 0.15) is 11.7 Å². The zero-order chi connectivity index (χ0) is 18.4. The summed E-state index contributed by atoms with van der Waals surface area (Å²) in [5, 5.41) is 9.65. The Morgan fingerprint density at radius 1 is 1.19 bits per heavy atom. The van der Waals surface area contributed by atoms with Gasteiger partial charge >= 0.3 is 5.97 Å². The number of aliphatic carboxylic acids is 1. The van der Waals surface area contributed by atoms with Gasteiger partial charge in [-0.25, -0.2) is 4.79 Å². The standard InChI is InChI=1S/C20H20N2O4/c1-11-17-14(7-4-8-16(17)23)21-18(11)19(24)22-10-13-6-3-2-5-12(13)9-15(22)20(25)26/h2-3,5-6,15,21H,4,7-10H2,1H3,(H,25,26). The Morgan fingerprint density at radius 2 is 1.92 bits per heavy atom. The molecule has 0 saturated heterocycles. The predicted octanol–water partition coefficient (Wildman–Crippen LogP) is 2.49. The van der Waals surface area contributed by atoms with Crippen LogP contribution in [0.15, 0.2) is 24.3 Å². The molecule has 2 aromatic rings. The van der Waals surface area contributed by atoms with E-state index in [0.29, 0.717) is 23.2 Å². The SMILES string of the molecule is Cc1c(C(=O)N2Cc3ccccc3CC2C(=O)O)[nH]c2c1C(=O)CCC2. The maximum Gasteiger partial charge on any atom is 0.326 e. The molecule has 4 rings (SSSR count). The lowest BCUT2D eigenvalue weighted by molar-refractivity contribution is -0.142. The van der Waals surface area contributed by atoms with Crippen molar-refractivity contribution in [3.63, 3.8) is 0 Å². The maximum atomic E-state index is 13.2. The summed E-state index contributed by atoms with van der Waals surface area (Å²) in [5.74, 6) is -1.32. The zero-order valence-corrected chi connectivity index (χ0v) is 14.5. The fourth-order valence-corrected chi connectivity index (χ4v) is 4.09. The first-order chi connectivity index (χ1) is 12.5. The second kappa shape index (κ2) is 6.12. The van der Waals surface area contributed by atoms with Gasteiger partial charge in [-0.2, -0.15) is 0 Å². The average Bonchev–Trinajstić information content (AvgIpc) is 2.98. The minimum Gasteiger partial charge on any atom is -0.480 e. The Labute approximate surface area is 150 Å². The van der Waals surface area contributed by atoms with Crippen LogP contribution in [0.25, 0.3) is 0 Å². The van der Waals surface area contributed by atoms with Crippen molar-refractivity contribution in [3.8, 4) is 0 Å². The molecule has 134 valence electrons. The number of amides is 1. The van der Waals surface area contributed by atoms with E-state index in [1.807, 2.05) is 24.3 Å². The van der Waals surface area contributed by atoms with E-state index in [1.54, 1.807) is 6.92 Å². The van der Waals surface area contributed by atoms with Gasteiger partial charge in [0.05, 0.1) is 0 Å². The molecule has 1 atom stereocenters. The third kappa shape index (κ3) is 2.53. The lowest BCUT2D eigenvalue weighted by Crippen LogP contribution is -2.48. The Bertz CT molecular complexity index is 928. The van der Waals surface area contributed by atoms with E-state index in [-0.39, 0.29) is 24.7 Å². The van der Waals surface area contributed by atoms with Gasteiger partial charge in [0, 0.05) is 30.6 Å². The average molecular weight is 352 g/mol. The summed E-state index contributed by atoms with van der Waals surface area (Å²) >= 11 is 0. The molecular weight excluding hydrogens is 332 g/mol. The van der Waals surface area contributed by atoms with Crippen molar-refractivity contribution in [1.82, 2.24) is 9.88 Å². The molecule has 6 heteroatoms. The van der Waals surface area contributed by atoms with Crippen molar-refractivity contribution in [1.29, 1.82) is 0 Å². The molecule has 1 amide bonds. The molecule has 0 spiro atoms. The van der Waals surface area contributed by atoms with Crippen LogP contribution >= 0.6 is 0 Å². The number of aryl methyl sites for hydroxylation is 1. The Balaban J connectivity index is 1.73. The van der Waals surface area contributed by atoms with Crippen LogP contribution in [0.5, 0.6) is 0 Å². The van der Waals surface area contributed by atoms with Crippen molar-refractivity contribution in [3.05, 3.63) is 57.9 Å². The fourth-order valence-electron chi connectivity index (χ4n) is 4.09. The molecule has 2 N–H and O–H groups in total. The largest absolute Gasteiger partial charge is 0.480 e. The van der Waals surface area contributed by atoms with Crippen LogP contribution in [0.1, 0.15) is 56.1 Å². The number of nitrogens with one attached hydrogen (secondary N) is 1. The highest BCUT2D eigenvalue weighted by Crippen LogP contribution is 2.30. The van der Waals surface area contributed by atoms with E-state index in [2.05, 4.69) is 4.98 Å². The molecule has 0 fully saturated rings. The highest BCUT2D eigenvalue weighted by atomic mass is 16.4. The molecule has 0 saturated carbocycles. The number of aromatic nitrogens is 1. The molecule has 1 aliphatic carbocycles. The number of ketones is 1. The smallest absolute Gasteiger partial charge is 0.326 e. The van der Waals surface area contributed by atoms with Crippen LogP contribution in [0.4, 0.5) is 0 Å². The second-order valence-corrected chi connectivity index (χ2v) is 7.02. The molecule has 2 aliphatic rings. The molecule has 0 bridgehead atoms. The summed E-state index contributed by atoms with van der Waals surface area (Å²) in [5.41, 5.74) is 4.31. The maximum absolute atomic E-state index is 13.2. The lowest BCUT2D eigenvalue weighted by atomic mass is 9.92. The summed E-state index contributed by atoms with van der Waals surface area (Å²) < 4.78 is 0. The van der Waals surface area contributed by atoms with Crippen LogP contribution in [0, 0.1) is 6.92 Å².